The van der Waals surface area contributed by atoms with E-state index in [-0.39, 0.29) is 0 Å². The fraction of sp³-hybridized carbons (Fsp3) is 0.611. The molecule has 1 atom stereocenters. The third-order valence-corrected chi connectivity index (χ3v) is 5.69. The van der Waals surface area contributed by atoms with E-state index in [2.05, 4.69) is 29.6 Å². The molecule has 0 aliphatic rings. The van der Waals surface area contributed by atoms with Crippen LogP contribution in [0.4, 0.5) is 0 Å². The second-order valence-electron chi connectivity index (χ2n) is 7.42. The third kappa shape index (κ3) is 5.70. The quantitative estimate of drug-likeness (QED) is 0.508. The zero-order chi connectivity index (χ0) is 17.6. The molecule has 1 heterocycles. The van der Waals surface area contributed by atoms with Gasteiger partial charge in [0.15, 0.2) is 0 Å². The van der Waals surface area contributed by atoms with Gasteiger partial charge in [0.05, 0.1) is 17.6 Å². The number of imidazole rings is 1. The number of rotatable bonds is 10. The number of hydrogen-bond donors (Lipinski definition) is 2. The van der Waals surface area contributed by atoms with Crippen LogP contribution in [-0.4, -0.2) is 50.1 Å². The van der Waals surface area contributed by atoms with Gasteiger partial charge in [-0.25, -0.2) is 4.98 Å². The van der Waals surface area contributed by atoms with Gasteiger partial charge in [0.25, 0.3) is 0 Å². The van der Waals surface area contributed by atoms with E-state index in [4.69, 9.17) is 9.47 Å². The maximum atomic E-state index is 10.5. The first-order valence-corrected chi connectivity index (χ1v) is 12.3. The molecule has 24 heavy (non-hydrogen) atoms. The molecule has 6 heteroatoms. The Kier molecular flexibility index (Phi) is 6.98. The summed E-state index contributed by atoms with van der Waals surface area (Å²) in [6.45, 7) is 8.71. The SMILES string of the molecule is COCCCc1nc2c(C(O)COCC[Si](C)(C)C)cccc2[nH]1. The summed E-state index contributed by atoms with van der Waals surface area (Å²) >= 11 is 0. The Balaban J connectivity index is 1.99. The van der Waals surface area contributed by atoms with Gasteiger partial charge in [-0.1, -0.05) is 31.8 Å². The van der Waals surface area contributed by atoms with Crippen LogP contribution in [0.25, 0.3) is 11.0 Å². The maximum absolute atomic E-state index is 10.5. The van der Waals surface area contributed by atoms with Gasteiger partial charge in [0.1, 0.15) is 11.9 Å². The standard InChI is InChI=1S/C18H30N2O3Si/c1-22-10-6-9-17-19-15-8-5-7-14(18(15)20-17)16(21)13-23-11-12-24(2,3)4/h5,7-8,16,21H,6,9-13H2,1-4H3,(H,19,20). The number of ether oxygens (including phenoxy) is 2. The van der Waals surface area contributed by atoms with Crippen molar-refractivity contribution in [3.63, 3.8) is 0 Å². The van der Waals surface area contributed by atoms with Crippen molar-refractivity contribution in [2.75, 3.05) is 26.9 Å². The lowest BCUT2D eigenvalue weighted by atomic mass is 10.1. The highest BCUT2D eigenvalue weighted by Crippen LogP contribution is 2.23. The van der Waals surface area contributed by atoms with Crippen LogP contribution in [0, 0.1) is 0 Å². The first kappa shape index (κ1) is 19.1. The summed E-state index contributed by atoms with van der Waals surface area (Å²) in [7, 11) is 0.604. The molecule has 0 bridgehead atoms. The van der Waals surface area contributed by atoms with Crippen LogP contribution in [0.5, 0.6) is 0 Å². The second kappa shape index (κ2) is 8.76. The van der Waals surface area contributed by atoms with Crippen LogP contribution in [-0.2, 0) is 15.9 Å². The van der Waals surface area contributed by atoms with Gasteiger partial charge in [-0.3, -0.25) is 0 Å². The molecule has 0 spiro atoms. The van der Waals surface area contributed by atoms with Crippen molar-refractivity contribution in [3.8, 4) is 0 Å². The smallest absolute Gasteiger partial charge is 0.107 e. The van der Waals surface area contributed by atoms with Crippen LogP contribution in [0.1, 0.15) is 23.9 Å². The lowest BCUT2D eigenvalue weighted by molar-refractivity contribution is 0.0424. The number of para-hydroxylation sites is 1. The van der Waals surface area contributed by atoms with Crippen LogP contribution in [0.3, 0.4) is 0 Å². The number of aliphatic hydroxyl groups is 1. The molecule has 5 nitrogen and oxygen atoms in total. The van der Waals surface area contributed by atoms with E-state index in [0.717, 1.165) is 47.9 Å². The Morgan fingerprint density at radius 3 is 2.75 bits per heavy atom. The molecule has 134 valence electrons. The van der Waals surface area contributed by atoms with E-state index in [9.17, 15) is 5.11 Å². The van der Waals surface area contributed by atoms with Crippen molar-refractivity contribution < 1.29 is 14.6 Å². The molecule has 0 saturated heterocycles. The first-order chi connectivity index (χ1) is 11.4. The summed E-state index contributed by atoms with van der Waals surface area (Å²) in [6.07, 6.45) is 1.11. The molecule has 0 radical (unpaired) electrons. The zero-order valence-electron chi connectivity index (χ0n) is 15.3. The van der Waals surface area contributed by atoms with Gasteiger partial charge in [-0.05, 0) is 18.5 Å². The number of aliphatic hydroxyl groups excluding tert-OH is 1. The predicted molar refractivity (Wildman–Crippen MR) is 100 cm³/mol. The summed E-state index contributed by atoms with van der Waals surface area (Å²) in [6, 6.07) is 6.97. The topological polar surface area (TPSA) is 67.4 Å². The molecule has 1 aromatic carbocycles. The number of nitrogens with zero attached hydrogens (tertiary/aromatic N) is 1. The maximum Gasteiger partial charge on any atom is 0.107 e. The first-order valence-electron chi connectivity index (χ1n) is 8.63. The van der Waals surface area contributed by atoms with Gasteiger partial charge < -0.3 is 19.6 Å². The molecule has 0 saturated carbocycles. The van der Waals surface area contributed by atoms with E-state index >= 15 is 0 Å². The molecule has 2 aromatic rings. The average molecular weight is 351 g/mol. The van der Waals surface area contributed by atoms with E-state index in [1.165, 1.54) is 0 Å². The highest BCUT2D eigenvalue weighted by Gasteiger charge is 2.16. The van der Waals surface area contributed by atoms with Crippen molar-refractivity contribution in [2.24, 2.45) is 0 Å². The molecule has 0 aliphatic heterocycles. The number of aromatic nitrogens is 2. The van der Waals surface area contributed by atoms with Crippen LogP contribution in [0.2, 0.25) is 25.7 Å². The van der Waals surface area contributed by atoms with Crippen LogP contribution < -0.4 is 0 Å². The number of aryl methyl sites for hydroxylation is 1. The third-order valence-electron chi connectivity index (χ3n) is 3.99. The minimum absolute atomic E-state index is 0.315. The molecule has 0 aliphatic carbocycles. The Hall–Kier alpha value is -1.21. The zero-order valence-corrected chi connectivity index (χ0v) is 16.3. The van der Waals surface area contributed by atoms with Crippen molar-refractivity contribution >= 4 is 19.1 Å². The van der Waals surface area contributed by atoms with Crippen LogP contribution in [0.15, 0.2) is 18.2 Å². The minimum atomic E-state index is -1.10. The predicted octanol–water partition coefficient (Wildman–Crippen LogP) is 3.53. The van der Waals surface area contributed by atoms with E-state index in [1.54, 1.807) is 7.11 Å². The number of hydrogen-bond acceptors (Lipinski definition) is 4. The van der Waals surface area contributed by atoms with Crippen molar-refractivity contribution in [2.45, 2.75) is 44.6 Å². The lowest BCUT2D eigenvalue weighted by Gasteiger charge is -2.17. The van der Waals surface area contributed by atoms with Gasteiger partial charge in [-0.2, -0.15) is 0 Å². The summed E-state index contributed by atoms with van der Waals surface area (Å²) < 4.78 is 10.8. The number of aromatic amines is 1. The van der Waals surface area contributed by atoms with Crippen LogP contribution >= 0.6 is 0 Å². The lowest BCUT2D eigenvalue weighted by Crippen LogP contribution is -2.22. The van der Waals surface area contributed by atoms with E-state index < -0.39 is 14.2 Å². The molecular formula is C18H30N2O3Si. The fourth-order valence-electron chi connectivity index (χ4n) is 2.54. The monoisotopic (exact) mass is 350 g/mol. The Bertz CT molecular complexity index is 637. The molecular weight excluding hydrogens is 320 g/mol. The summed E-state index contributed by atoms with van der Waals surface area (Å²) in [4.78, 5) is 7.98. The highest BCUT2D eigenvalue weighted by atomic mass is 28.3. The van der Waals surface area contributed by atoms with Gasteiger partial charge >= 0.3 is 0 Å². The Labute approximate surface area is 145 Å². The van der Waals surface area contributed by atoms with Gasteiger partial charge in [-0.15, -0.1) is 0 Å². The Morgan fingerprint density at radius 2 is 2.04 bits per heavy atom. The largest absolute Gasteiger partial charge is 0.386 e. The van der Waals surface area contributed by atoms with Crippen molar-refractivity contribution in [1.29, 1.82) is 0 Å². The number of methoxy groups -OCH3 is 1. The Morgan fingerprint density at radius 1 is 1.25 bits per heavy atom. The molecule has 2 rings (SSSR count). The normalized spacial score (nSPS) is 13.5. The summed E-state index contributed by atoms with van der Waals surface area (Å²) in [5.41, 5.74) is 2.63. The number of nitrogens with one attached hydrogen (secondary N) is 1. The minimum Gasteiger partial charge on any atom is -0.386 e. The fourth-order valence-corrected chi connectivity index (χ4v) is 3.30. The molecule has 1 aromatic heterocycles. The van der Waals surface area contributed by atoms with E-state index in [0.29, 0.717) is 13.2 Å². The molecule has 0 amide bonds. The van der Waals surface area contributed by atoms with Gasteiger partial charge in [0, 0.05) is 40.4 Å². The summed E-state index contributed by atoms with van der Waals surface area (Å²) in [5.74, 6) is 0.932. The van der Waals surface area contributed by atoms with E-state index in [1.807, 2.05) is 18.2 Å². The van der Waals surface area contributed by atoms with Crippen molar-refractivity contribution in [3.05, 3.63) is 29.6 Å². The number of fused-ring (bicyclic) bond motifs is 1. The number of benzene rings is 1. The molecule has 0 fully saturated rings. The number of H-pyrrole nitrogens is 1. The van der Waals surface area contributed by atoms with Crippen molar-refractivity contribution in [1.82, 2.24) is 9.97 Å². The average Bonchev–Trinajstić information content (AvgIpc) is 2.93. The van der Waals surface area contributed by atoms with Gasteiger partial charge in [0.2, 0.25) is 0 Å². The molecule has 1 unspecified atom stereocenters. The summed E-state index contributed by atoms with van der Waals surface area (Å²) in [5, 5.41) is 10.5. The second-order valence-corrected chi connectivity index (χ2v) is 13.0. The molecule has 2 N–H and O–H groups in total. The highest BCUT2D eigenvalue weighted by molar-refractivity contribution is 6.76.